The number of hydrogen-bond acceptors (Lipinski definition) is 5. The summed E-state index contributed by atoms with van der Waals surface area (Å²) < 4.78 is 34.1. The van der Waals surface area contributed by atoms with Crippen LogP contribution in [0.2, 0.25) is 0 Å². The van der Waals surface area contributed by atoms with Crippen molar-refractivity contribution in [2.24, 2.45) is 0 Å². The van der Waals surface area contributed by atoms with Crippen LogP contribution in [0.4, 0.5) is 0 Å². The quantitative estimate of drug-likeness (QED) is 0.629. The van der Waals surface area contributed by atoms with E-state index in [0.29, 0.717) is 0 Å². The lowest BCUT2D eigenvalue weighted by atomic mass is 10.2. The van der Waals surface area contributed by atoms with Crippen LogP contribution >= 0.6 is 0 Å². The molecule has 0 spiro atoms. The zero-order valence-electron chi connectivity index (χ0n) is 11.5. The lowest BCUT2D eigenvalue weighted by Gasteiger charge is -2.04. The lowest BCUT2D eigenvalue weighted by Crippen LogP contribution is -2.31. The Hall–Kier alpha value is -1.44. The predicted octanol–water partition coefficient (Wildman–Crippen LogP) is 1.15. The van der Waals surface area contributed by atoms with E-state index in [1.807, 2.05) is 6.92 Å². The largest absolute Gasteiger partial charge is 0.468 e. The molecule has 1 fully saturated rings. The fourth-order valence-electron chi connectivity index (χ4n) is 1.74. The maximum absolute atomic E-state index is 10.7. The Morgan fingerprint density at radius 1 is 1.35 bits per heavy atom. The van der Waals surface area contributed by atoms with Gasteiger partial charge in [-0.1, -0.05) is 17.7 Å². The first-order valence-electron chi connectivity index (χ1n) is 6.20. The summed E-state index contributed by atoms with van der Waals surface area (Å²) in [4.78, 5) is 10.7. The van der Waals surface area contributed by atoms with E-state index >= 15 is 0 Å². The number of carbonyl (C=O) groups is 1. The Balaban J connectivity index is 0.000000204. The maximum Gasteiger partial charge on any atom is 0.322 e. The highest BCUT2D eigenvalue weighted by Crippen LogP contribution is 2.08. The first kappa shape index (κ1) is 16.6. The molecule has 1 aliphatic rings. The second-order valence-corrected chi connectivity index (χ2v) is 5.88. The van der Waals surface area contributed by atoms with Crippen LogP contribution in [0.5, 0.6) is 0 Å². The summed E-state index contributed by atoms with van der Waals surface area (Å²) in [6.45, 7) is 2.79. The fourth-order valence-corrected chi connectivity index (χ4v) is 2.22. The zero-order valence-corrected chi connectivity index (χ0v) is 12.3. The van der Waals surface area contributed by atoms with Crippen molar-refractivity contribution in [3.05, 3.63) is 29.8 Å². The van der Waals surface area contributed by atoms with E-state index < -0.39 is 10.1 Å². The molecular formula is C13H19NO5S. The number of esters is 1. The molecule has 1 heterocycles. The summed E-state index contributed by atoms with van der Waals surface area (Å²) in [5, 5.41) is 3.03. The Bertz CT molecular complexity index is 532. The minimum Gasteiger partial charge on any atom is -0.468 e. The Morgan fingerprint density at radius 3 is 2.35 bits per heavy atom. The number of benzene rings is 1. The number of hydrogen-bond donors (Lipinski definition) is 2. The third-order valence-corrected chi connectivity index (χ3v) is 3.73. The summed E-state index contributed by atoms with van der Waals surface area (Å²) in [6, 6.07) is 5.96. The molecule has 1 atom stereocenters. The van der Waals surface area contributed by atoms with E-state index in [4.69, 9.17) is 4.55 Å². The molecule has 112 valence electrons. The Kier molecular flexibility index (Phi) is 6.12. The maximum atomic E-state index is 10.7. The number of ether oxygens (including phenoxy) is 1. The number of rotatable bonds is 2. The van der Waals surface area contributed by atoms with Gasteiger partial charge in [0.2, 0.25) is 0 Å². The predicted molar refractivity (Wildman–Crippen MR) is 74.0 cm³/mol. The van der Waals surface area contributed by atoms with Gasteiger partial charge in [0.05, 0.1) is 12.0 Å². The van der Waals surface area contributed by atoms with Crippen molar-refractivity contribution in [1.82, 2.24) is 5.32 Å². The third kappa shape index (κ3) is 5.28. The number of carbonyl (C=O) groups excluding carboxylic acids is 1. The highest BCUT2D eigenvalue weighted by molar-refractivity contribution is 7.85. The van der Waals surface area contributed by atoms with Gasteiger partial charge in [-0.15, -0.1) is 0 Å². The second kappa shape index (κ2) is 7.37. The first-order valence-corrected chi connectivity index (χ1v) is 7.64. The summed E-state index contributed by atoms with van der Waals surface area (Å²) in [6.07, 6.45) is 2.01. The molecule has 6 nitrogen and oxygen atoms in total. The van der Waals surface area contributed by atoms with Gasteiger partial charge in [0.1, 0.15) is 6.04 Å². The summed E-state index contributed by atoms with van der Waals surface area (Å²) >= 11 is 0. The van der Waals surface area contributed by atoms with Crippen LogP contribution in [0.15, 0.2) is 29.2 Å². The van der Waals surface area contributed by atoms with Crippen molar-refractivity contribution >= 4 is 16.1 Å². The molecule has 1 aromatic rings. The molecule has 0 amide bonds. The van der Waals surface area contributed by atoms with Crippen molar-refractivity contribution in [2.75, 3.05) is 13.7 Å². The smallest absolute Gasteiger partial charge is 0.322 e. The molecule has 7 heteroatoms. The Morgan fingerprint density at radius 2 is 1.95 bits per heavy atom. The number of aryl methyl sites for hydroxylation is 1. The molecule has 1 saturated heterocycles. The number of methoxy groups -OCH3 is 1. The van der Waals surface area contributed by atoms with Crippen LogP contribution < -0.4 is 5.32 Å². The lowest BCUT2D eigenvalue weighted by molar-refractivity contribution is -0.142. The fraction of sp³-hybridized carbons (Fsp3) is 0.462. The normalized spacial score (nSPS) is 18.1. The van der Waals surface area contributed by atoms with Gasteiger partial charge in [0.15, 0.2) is 0 Å². The van der Waals surface area contributed by atoms with Crippen molar-refractivity contribution < 1.29 is 22.5 Å². The van der Waals surface area contributed by atoms with E-state index in [-0.39, 0.29) is 16.9 Å². The SMILES string of the molecule is COC(=O)[C@H]1CCCN1.Cc1ccc(S(=O)(=O)O)cc1. The van der Waals surface area contributed by atoms with E-state index in [1.54, 1.807) is 12.1 Å². The van der Waals surface area contributed by atoms with Crippen molar-refractivity contribution in [3.63, 3.8) is 0 Å². The molecule has 1 aliphatic heterocycles. The van der Waals surface area contributed by atoms with Crippen LogP contribution in [0.1, 0.15) is 18.4 Å². The summed E-state index contributed by atoms with van der Waals surface area (Å²) in [5.41, 5.74) is 0.956. The van der Waals surface area contributed by atoms with E-state index in [2.05, 4.69) is 10.1 Å². The monoisotopic (exact) mass is 301 g/mol. The van der Waals surface area contributed by atoms with Crippen molar-refractivity contribution in [1.29, 1.82) is 0 Å². The van der Waals surface area contributed by atoms with Gasteiger partial charge in [-0.25, -0.2) is 0 Å². The average Bonchev–Trinajstić information content (AvgIpc) is 2.92. The molecule has 1 aromatic carbocycles. The van der Waals surface area contributed by atoms with E-state index in [0.717, 1.165) is 24.9 Å². The first-order chi connectivity index (χ1) is 9.34. The average molecular weight is 301 g/mol. The van der Waals surface area contributed by atoms with Crippen LogP contribution in [-0.2, 0) is 19.6 Å². The zero-order chi connectivity index (χ0) is 15.2. The summed E-state index contributed by atoms with van der Waals surface area (Å²) in [7, 11) is -2.60. The third-order valence-electron chi connectivity index (χ3n) is 2.86. The van der Waals surface area contributed by atoms with Crippen LogP contribution in [0.25, 0.3) is 0 Å². The van der Waals surface area contributed by atoms with Gasteiger partial charge >= 0.3 is 5.97 Å². The molecule has 20 heavy (non-hydrogen) atoms. The molecule has 2 N–H and O–H groups in total. The van der Waals surface area contributed by atoms with Gasteiger partial charge in [0.25, 0.3) is 10.1 Å². The molecular weight excluding hydrogens is 282 g/mol. The molecule has 0 aromatic heterocycles. The van der Waals surface area contributed by atoms with Crippen molar-refractivity contribution in [2.45, 2.75) is 30.7 Å². The summed E-state index contributed by atoms with van der Waals surface area (Å²) in [5.74, 6) is -0.132. The molecule has 0 saturated carbocycles. The van der Waals surface area contributed by atoms with Crippen LogP contribution in [0, 0.1) is 6.92 Å². The minimum atomic E-state index is -4.02. The highest BCUT2D eigenvalue weighted by Gasteiger charge is 2.21. The Labute approximate surface area is 118 Å². The topological polar surface area (TPSA) is 92.7 Å². The molecule has 0 unspecified atom stereocenters. The van der Waals surface area contributed by atoms with Gasteiger partial charge in [-0.05, 0) is 38.4 Å². The minimum absolute atomic E-state index is 0.0324. The van der Waals surface area contributed by atoms with Gasteiger partial charge in [0, 0.05) is 0 Å². The van der Waals surface area contributed by atoms with Crippen molar-refractivity contribution in [3.8, 4) is 0 Å². The van der Waals surface area contributed by atoms with Gasteiger partial charge in [-0.2, -0.15) is 8.42 Å². The molecule has 2 rings (SSSR count). The molecule has 0 aliphatic carbocycles. The van der Waals surface area contributed by atoms with Crippen LogP contribution in [0.3, 0.4) is 0 Å². The molecule has 0 radical (unpaired) electrons. The molecule has 0 bridgehead atoms. The highest BCUT2D eigenvalue weighted by atomic mass is 32.2. The van der Waals surface area contributed by atoms with E-state index in [9.17, 15) is 13.2 Å². The van der Waals surface area contributed by atoms with Crippen LogP contribution in [-0.4, -0.2) is 38.6 Å². The second-order valence-electron chi connectivity index (χ2n) is 4.46. The van der Waals surface area contributed by atoms with Gasteiger partial charge in [-0.3, -0.25) is 9.35 Å². The van der Waals surface area contributed by atoms with E-state index in [1.165, 1.54) is 19.2 Å². The standard InChI is InChI=1S/C7H8O3S.C6H11NO2/c1-6-2-4-7(5-3-6)11(8,9)10;1-9-6(8)5-3-2-4-7-5/h2-5H,1H3,(H,8,9,10);5,7H,2-4H2,1H3/t;5-/m.1/s1. The van der Waals surface area contributed by atoms with Gasteiger partial charge < -0.3 is 10.1 Å². The number of nitrogens with one attached hydrogen (secondary N) is 1.